The largest absolute Gasteiger partial charge is 0.310 e. The fourth-order valence-electron chi connectivity index (χ4n) is 2.64. The van der Waals surface area contributed by atoms with Gasteiger partial charge in [0.15, 0.2) is 0 Å². The Morgan fingerprint density at radius 1 is 1.17 bits per heavy atom. The van der Waals surface area contributed by atoms with Crippen molar-refractivity contribution in [1.29, 1.82) is 0 Å². The van der Waals surface area contributed by atoms with Gasteiger partial charge in [0.25, 0.3) is 0 Å². The molecule has 0 saturated heterocycles. The van der Waals surface area contributed by atoms with Crippen molar-refractivity contribution in [2.24, 2.45) is 5.92 Å². The highest BCUT2D eigenvalue weighted by Crippen LogP contribution is 2.46. The molecule has 4 rings (SSSR count). The minimum atomic E-state index is -0.130. The third-order valence-electron chi connectivity index (χ3n) is 3.93. The molecule has 0 spiro atoms. The molecule has 3 aromatic rings. The van der Waals surface area contributed by atoms with E-state index in [2.05, 4.69) is 25.3 Å². The molecule has 6 nitrogen and oxygen atoms in total. The van der Waals surface area contributed by atoms with Gasteiger partial charge >= 0.3 is 0 Å². The molecular weight excluding hydrogens is 349 g/mol. The van der Waals surface area contributed by atoms with Crippen LogP contribution >= 0.6 is 23.2 Å². The Kier molecular flexibility index (Phi) is 3.78. The number of aromatic nitrogens is 4. The lowest BCUT2D eigenvalue weighted by atomic mass is 10.2. The lowest BCUT2D eigenvalue weighted by Crippen LogP contribution is -2.15. The van der Waals surface area contributed by atoms with Gasteiger partial charge in [0.1, 0.15) is 21.9 Å². The van der Waals surface area contributed by atoms with Crippen LogP contribution in [0.3, 0.4) is 0 Å². The number of amides is 1. The molecule has 1 fully saturated rings. The fourth-order valence-corrected chi connectivity index (χ4v) is 3.13. The van der Waals surface area contributed by atoms with E-state index < -0.39 is 0 Å². The van der Waals surface area contributed by atoms with Crippen molar-refractivity contribution >= 4 is 45.7 Å². The van der Waals surface area contributed by atoms with Crippen LogP contribution in [-0.2, 0) is 4.79 Å². The molecule has 0 unspecified atom stereocenters. The third-order valence-corrected chi connectivity index (χ3v) is 4.42. The zero-order chi connectivity index (χ0) is 16.7. The highest BCUT2D eigenvalue weighted by Gasteiger charge is 2.46. The van der Waals surface area contributed by atoms with E-state index in [1.165, 1.54) is 0 Å². The van der Waals surface area contributed by atoms with Crippen LogP contribution in [0.15, 0.2) is 36.8 Å². The van der Waals surface area contributed by atoms with Crippen molar-refractivity contribution < 1.29 is 4.79 Å². The normalized spacial score (nSPS) is 19.2. The van der Waals surface area contributed by atoms with Crippen molar-refractivity contribution in [1.82, 2.24) is 19.9 Å². The molecule has 0 radical (unpaired) electrons. The molecule has 24 heavy (non-hydrogen) atoms. The van der Waals surface area contributed by atoms with Gasteiger partial charge in [-0.25, -0.2) is 19.9 Å². The van der Waals surface area contributed by atoms with Crippen molar-refractivity contribution in [3.8, 4) is 0 Å². The predicted octanol–water partition coefficient (Wildman–Crippen LogP) is 3.47. The monoisotopic (exact) mass is 359 g/mol. The Hall–Kier alpha value is -2.31. The second-order valence-corrected chi connectivity index (χ2v) is 6.32. The van der Waals surface area contributed by atoms with Gasteiger partial charge in [0.05, 0.1) is 0 Å². The highest BCUT2D eigenvalue weighted by molar-refractivity contribution is 6.36. The highest BCUT2D eigenvalue weighted by atomic mass is 35.5. The molecule has 3 aromatic heterocycles. The van der Waals surface area contributed by atoms with E-state index >= 15 is 0 Å². The molecule has 1 aliphatic carbocycles. The van der Waals surface area contributed by atoms with Gasteiger partial charge < -0.3 is 5.32 Å². The summed E-state index contributed by atoms with van der Waals surface area (Å²) in [5, 5.41) is 4.85. The number of rotatable bonds is 3. The van der Waals surface area contributed by atoms with Gasteiger partial charge in [-0.15, -0.1) is 0 Å². The first-order chi connectivity index (χ1) is 11.6. The average Bonchev–Trinajstić information content (AvgIpc) is 3.36. The van der Waals surface area contributed by atoms with Crippen LogP contribution in [0.2, 0.25) is 10.3 Å². The van der Waals surface area contributed by atoms with E-state index in [1.807, 2.05) is 0 Å². The quantitative estimate of drug-likeness (QED) is 0.724. The lowest BCUT2D eigenvalue weighted by molar-refractivity contribution is -0.117. The van der Waals surface area contributed by atoms with E-state index in [-0.39, 0.29) is 22.9 Å². The Morgan fingerprint density at radius 2 is 1.96 bits per heavy atom. The molecule has 0 bridgehead atoms. The van der Waals surface area contributed by atoms with Gasteiger partial charge in [-0.3, -0.25) is 4.79 Å². The van der Waals surface area contributed by atoms with Crippen LogP contribution < -0.4 is 5.32 Å². The minimum Gasteiger partial charge on any atom is -0.310 e. The van der Waals surface area contributed by atoms with Crippen molar-refractivity contribution in [2.75, 3.05) is 5.32 Å². The minimum absolute atomic E-state index is 0.0692. The number of carbonyl (C=O) groups excluding carboxylic acids is 1. The van der Waals surface area contributed by atoms with Crippen LogP contribution in [0, 0.1) is 5.92 Å². The van der Waals surface area contributed by atoms with E-state index in [0.29, 0.717) is 22.2 Å². The number of hydrogen-bond acceptors (Lipinski definition) is 5. The average molecular weight is 360 g/mol. The summed E-state index contributed by atoms with van der Waals surface area (Å²) in [6.45, 7) is 0. The molecule has 1 amide bonds. The first-order valence-electron chi connectivity index (χ1n) is 7.31. The van der Waals surface area contributed by atoms with Crippen LogP contribution in [0.5, 0.6) is 0 Å². The second kappa shape index (κ2) is 5.96. The second-order valence-electron chi connectivity index (χ2n) is 5.57. The Morgan fingerprint density at radius 3 is 2.75 bits per heavy atom. The fraction of sp³-hybridized carbons (Fsp3) is 0.188. The zero-order valence-corrected chi connectivity index (χ0v) is 13.8. The summed E-state index contributed by atoms with van der Waals surface area (Å²) in [6, 6.07) is 5.16. The summed E-state index contributed by atoms with van der Waals surface area (Å²) in [7, 11) is 0. The molecular formula is C16H11Cl2N5O. The van der Waals surface area contributed by atoms with Crippen molar-refractivity contribution in [3.05, 3.63) is 52.9 Å². The smallest absolute Gasteiger partial charge is 0.229 e. The van der Waals surface area contributed by atoms with Crippen molar-refractivity contribution in [2.45, 2.75) is 12.3 Å². The first kappa shape index (κ1) is 15.2. The maximum atomic E-state index is 12.4. The van der Waals surface area contributed by atoms with Crippen LogP contribution in [0.1, 0.15) is 18.2 Å². The summed E-state index contributed by atoms with van der Waals surface area (Å²) < 4.78 is 0. The SMILES string of the molecule is O=C(Nc1cc2cc(Cl)nc(Cl)c2cn1)[C@H]1C[C@@H]1c1ncccn1. The van der Waals surface area contributed by atoms with Crippen LogP contribution in [0.4, 0.5) is 5.82 Å². The Bertz CT molecular complexity index is 934. The number of fused-ring (bicyclic) bond motifs is 1. The standard InChI is InChI=1S/C16H11Cl2N5O/c17-12-4-8-5-13(21-7-11(8)14(18)22-12)23-16(24)10-6-9(10)15-19-2-1-3-20-15/h1-5,7,9-10H,6H2,(H,21,23,24)/t9-,10-/m0/s1. The van der Waals surface area contributed by atoms with E-state index in [9.17, 15) is 4.79 Å². The van der Waals surface area contributed by atoms with E-state index in [4.69, 9.17) is 23.2 Å². The lowest BCUT2D eigenvalue weighted by Gasteiger charge is -2.06. The topological polar surface area (TPSA) is 80.7 Å². The van der Waals surface area contributed by atoms with E-state index in [0.717, 1.165) is 11.8 Å². The molecule has 8 heteroatoms. The molecule has 120 valence electrons. The molecule has 1 saturated carbocycles. The van der Waals surface area contributed by atoms with E-state index in [1.54, 1.807) is 36.8 Å². The summed E-state index contributed by atoms with van der Waals surface area (Å²) in [5.74, 6) is 0.999. The summed E-state index contributed by atoms with van der Waals surface area (Å²) in [5.41, 5.74) is 0. The van der Waals surface area contributed by atoms with Gasteiger partial charge in [0, 0.05) is 35.8 Å². The number of carbonyl (C=O) groups is 1. The summed E-state index contributed by atoms with van der Waals surface area (Å²) in [6.07, 6.45) is 5.68. The Balaban J connectivity index is 1.52. The number of halogens is 2. The van der Waals surface area contributed by atoms with Crippen molar-refractivity contribution in [3.63, 3.8) is 0 Å². The molecule has 1 N–H and O–H groups in total. The number of nitrogens with zero attached hydrogens (tertiary/aromatic N) is 4. The number of hydrogen-bond donors (Lipinski definition) is 1. The van der Waals surface area contributed by atoms with Gasteiger partial charge in [-0.2, -0.15) is 0 Å². The number of nitrogens with one attached hydrogen (secondary N) is 1. The van der Waals surface area contributed by atoms with Gasteiger partial charge in [-0.05, 0) is 30.0 Å². The summed E-state index contributed by atoms with van der Waals surface area (Å²) >= 11 is 11.9. The predicted molar refractivity (Wildman–Crippen MR) is 91.1 cm³/mol. The third kappa shape index (κ3) is 2.90. The number of anilines is 1. The van der Waals surface area contributed by atoms with Gasteiger partial charge in [0.2, 0.25) is 5.91 Å². The molecule has 0 aromatic carbocycles. The first-order valence-corrected chi connectivity index (χ1v) is 8.07. The molecule has 2 atom stereocenters. The van der Waals surface area contributed by atoms with Crippen LogP contribution in [-0.4, -0.2) is 25.8 Å². The Labute approximate surface area is 147 Å². The van der Waals surface area contributed by atoms with Gasteiger partial charge in [-0.1, -0.05) is 23.2 Å². The maximum absolute atomic E-state index is 12.4. The molecule has 3 heterocycles. The molecule has 1 aliphatic rings. The maximum Gasteiger partial charge on any atom is 0.229 e. The molecule has 0 aliphatic heterocycles. The zero-order valence-electron chi connectivity index (χ0n) is 12.3. The van der Waals surface area contributed by atoms with Crippen LogP contribution in [0.25, 0.3) is 10.8 Å². The summed E-state index contributed by atoms with van der Waals surface area (Å²) in [4.78, 5) is 28.9. The number of pyridine rings is 2.